The predicted molar refractivity (Wildman–Crippen MR) is 113 cm³/mol. The molecule has 3 N–H and O–H groups in total. The van der Waals surface area contributed by atoms with Crippen molar-refractivity contribution in [3.8, 4) is 5.75 Å². The largest absolute Gasteiger partial charge is 0.489 e. The number of carbonyl (C=O) groups excluding carboxylic acids is 2. The maximum Gasteiger partial charge on any atom is 0.251 e. The highest BCUT2D eigenvalue weighted by molar-refractivity contribution is 5.96. The maximum atomic E-state index is 12.2. The minimum atomic E-state index is -0.181. The lowest BCUT2D eigenvalue weighted by Crippen LogP contribution is -2.24. The number of carbonyl (C=O) groups is 2. The summed E-state index contributed by atoms with van der Waals surface area (Å²) in [6.45, 7) is 6.77. The van der Waals surface area contributed by atoms with Gasteiger partial charge in [-0.05, 0) is 56.7 Å². The molecule has 0 spiro atoms. The Bertz CT molecular complexity index is 773. The molecule has 2 aromatic rings. The number of hydrogen-bond acceptors (Lipinski definition) is 4. The second-order valence-corrected chi connectivity index (χ2v) is 6.75. The Hall–Kier alpha value is -3.02. The highest BCUT2D eigenvalue weighted by Crippen LogP contribution is 2.24. The Kier molecular flexibility index (Phi) is 8.34. The Balaban J connectivity index is 1.86. The second-order valence-electron chi connectivity index (χ2n) is 6.75. The van der Waals surface area contributed by atoms with Crippen LogP contribution in [0, 0.1) is 0 Å². The summed E-state index contributed by atoms with van der Waals surface area (Å²) in [5, 5.41) is 8.78. The van der Waals surface area contributed by atoms with Crippen molar-refractivity contribution in [3.05, 3.63) is 54.1 Å². The van der Waals surface area contributed by atoms with Crippen LogP contribution in [-0.4, -0.2) is 31.0 Å². The monoisotopic (exact) mass is 383 g/mol. The normalized spacial score (nSPS) is 10.4. The van der Waals surface area contributed by atoms with E-state index in [9.17, 15) is 9.59 Å². The number of rotatable bonds is 10. The lowest BCUT2D eigenvalue weighted by atomic mass is 10.2. The van der Waals surface area contributed by atoms with E-state index in [1.807, 2.05) is 38.1 Å². The van der Waals surface area contributed by atoms with Gasteiger partial charge in [-0.2, -0.15) is 0 Å². The number of nitrogens with one attached hydrogen (secondary N) is 3. The first-order valence-corrected chi connectivity index (χ1v) is 9.67. The quantitative estimate of drug-likeness (QED) is 0.541. The van der Waals surface area contributed by atoms with Gasteiger partial charge in [-0.15, -0.1) is 0 Å². The van der Waals surface area contributed by atoms with Crippen molar-refractivity contribution in [1.82, 2.24) is 5.32 Å². The molecule has 28 heavy (non-hydrogen) atoms. The lowest BCUT2D eigenvalue weighted by molar-refractivity contribution is -0.114. The Morgan fingerprint density at radius 2 is 1.75 bits per heavy atom. The minimum absolute atomic E-state index is 0.0504. The number of amides is 2. The Morgan fingerprint density at radius 3 is 2.43 bits per heavy atom. The summed E-state index contributed by atoms with van der Waals surface area (Å²) in [6, 6.07) is 14.4. The van der Waals surface area contributed by atoms with Gasteiger partial charge in [0.1, 0.15) is 5.75 Å². The van der Waals surface area contributed by atoms with Gasteiger partial charge in [0.25, 0.3) is 5.91 Å². The van der Waals surface area contributed by atoms with E-state index >= 15 is 0 Å². The van der Waals surface area contributed by atoms with Crippen LogP contribution in [0.25, 0.3) is 0 Å². The first-order chi connectivity index (χ1) is 13.5. The maximum absolute atomic E-state index is 12.2. The van der Waals surface area contributed by atoms with Crippen molar-refractivity contribution in [2.75, 3.05) is 23.7 Å². The summed E-state index contributed by atoms with van der Waals surface area (Å²) < 4.78 is 5.73. The fourth-order valence-corrected chi connectivity index (χ4v) is 2.54. The molecule has 2 amide bonds. The van der Waals surface area contributed by atoms with E-state index in [2.05, 4.69) is 22.9 Å². The van der Waals surface area contributed by atoms with Crippen LogP contribution in [0.4, 0.5) is 11.4 Å². The average Bonchev–Trinajstić information content (AvgIpc) is 2.67. The van der Waals surface area contributed by atoms with Gasteiger partial charge in [-0.1, -0.05) is 25.5 Å². The van der Waals surface area contributed by atoms with Crippen LogP contribution < -0.4 is 20.7 Å². The minimum Gasteiger partial charge on any atom is -0.489 e. The molecule has 0 aliphatic carbocycles. The zero-order valence-electron chi connectivity index (χ0n) is 16.7. The number of hydrogen-bond donors (Lipinski definition) is 3. The standard InChI is InChI=1S/C22H29N3O3/c1-4-5-14-23-22(27)17-10-12-18(13-11-17)25-21(26)15-24-19-8-6-7-9-20(19)28-16(2)3/h6-13,16,24H,4-5,14-15H2,1-3H3,(H,23,27)(H,25,26). The van der Waals surface area contributed by atoms with Gasteiger partial charge in [-0.25, -0.2) is 0 Å². The zero-order chi connectivity index (χ0) is 20.4. The molecular weight excluding hydrogens is 354 g/mol. The summed E-state index contributed by atoms with van der Waals surface area (Å²) >= 11 is 0. The highest BCUT2D eigenvalue weighted by atomic mass is 16.5. The second kappa shape index (κ2) is 11.0. The molecule has 6 nitrogen and oxygen atoms in total. The lowest BCUT2D eigenvalue weighted by Gasteiger charge is -2.15. The van der Waals surface area contributed by atoms with Gasteiger partial charge in [0.05, 0.1) is 18.3 Å². The van der Waals surface area contributed by atoms with Crippen LogP contribution in [0.2, 0.25) is 0 Å². The van der Waals surface area contributed by atoms with Crippen LogP contribution >= 0.6 is 0 Å². The van der Waals surface area contributed by atoms with Crippen molar-refractivity contribution < 1.29 is 14.3 Å². The fraction of sp³-hybridized carbons (Fsp3) is 0.364. The van der Waals surface area contributed by atoms with Crippen LogP contribution in [0.15, 0.2) is 48.5 Å². The highest BCUT2D eigenvalue weighted by Gasteiger charge is 2.08. The van der Waals surface area contributed by atoms with E-state index in [0.29, 0.717) is 23.5 Å². The molecule has 0 aromatic heterocycles. The van der Waals surface area contributed by atoms with Gasteiger partial charge in [-0.3, -0.25) is 9.59 Å². The molecule has 150 valence electrons. The molecule has 0 saturated carbocycles. The van der Waals surface area contributed by atoms with E-state index in [1.165, 1.54) is 0 Å². The Labute approximate surface area is 166 Å². The van der Waals surface area contributed by atoms with E-state index in [4.69, 9.17) is 4.74 Å². The summed E-state index contributed by atoms with van der Waals surface area (Å²) in [7, 11) is 0. The van der Waals surface area contributed by atoms with Crippen molar-refractivity contribution in [2.45, 2.75) is 39.7 Å². The first kappa shape index (κ1) is 21.3. The molecule has 0 bridgehead atoms. The number of para-hydroxylation sites is 2. The molecule has 0 fully saturated rings. The van der Waals surface area contributed by atoms with Gasteiger partial charge in [0.15, 0.2) is 0 Å². The van der Waals surface area contributed by atoms with Crippen LogP contribution in [0.5, 0.6) is 5.75 Å². The molecule has 0 aliphatic heterocycles. The third kappa shape index (κ3) is 6.95. The topological polar surface area (TPSA) is 79.5 Å². The third-order valence-corrected chi connectivity index (χ3v) is 3.94. The Morgan fingerprint density at radius 1 is 1.04 bits per heavy atom. The third-order valence-electron chi connectivity index (χ3n) is 3.94. The molecule has 2 rings (SSSR count). The average molecular weight is 383 g/mol. The smallest absolute Gasteiger partial charge is 0.251 e. The molecule has 0 radical (unpaired) electrons. The first-order valence-electron chi connectivity index (χ1n) is 9.67. The van der Waals surface area contributed by atoms with E-state index in [-0.39, 0.29) is 24.5 Å². The van der Waals surface area contributed by atoms with Crippen LogP contribution in [-0.2, 0) is 4.79 Å². The zero-order valence-corrected chi connectivity index (χ0v) is 16.7. The molecular formula is C22H29N3O3. The van der Waals surface area contributed by atoms with Gasteiger partial charge >= 0.3 is 0 Å². The van der Waals surface area contributed by atoms with Gasteiger partial charge in [0, 0.05) is 17.8 Å². The molecule has 6 heteroatoms. The number of anilines is 2. The predicted octanol–water partition coefficient (Wildman–Crippen LogP) is 4.05. The van der Waals surface area contributed by atoms with Crippen LogP contribution in [0.3, 0.4) is 0 Å². The van der Waals surface area contributed by atoms with Crippen molar-refractivity contribution in [1.29, 1.82) is 0 Å². The van der Waals surface area contributed by atoms with Gasteiger partial charge in [0.2, 0.25) is 5.91 Å². The fourth-order valence-electron chi connectivity index (χ4n) is 2.54. The summed E-state index contributed by atoms with van der Waals surface area (Å²) in [5.74, 6) is 0.429. The summed E-state index contributed by atoms with van der Waals surface area (Å²) in [4.78, 5) is 24.2. The summed E-state index contributed by atoms with van der Waals surface area (Å²) in [6.07, 6.45) is 2.04. The van der Waals surface area contributed by atoms with Crippen molar-refractivity contribution in [3.63, 3.8) is 0 Å². The molecule has 0 aliphatic rings. The number of ether oxygens (including phenoxy) is 1. The molecule has 0 unspecified atom stereocenters. The molecule has 2 aromatic carbocycles. The van der Waals surface area contributed by atoms with E-state index < -0.39 is 0 Å². The SMILES string of the molecule is CCCCNC(=O)c1ccc(NC(=O)CNc2ccccc2OC(C)C)cc1. The van der Waals surface area contributed by atoms with E-state index in [0.717, 1.165) is 18.5 Å². The summed E-state index contributed by atoms with van der Waals surface area (Å²) in [5.41, 5.74) is 1.99. The van der Waals surface area contributed by atoms with E-state index in [1.54, 1.807) is 24.3 Å². The van der Waals surface area contributed by atoms with Crippen molar-refractivity contribution in [2.24, 2.45) is 0 Å². The number of unbranched alkanes of at least 4 members (excludes halogenated alkanes) is 1. The van der Waals surface area contributed by atoms with Crippen LogP contribution in [0.1, 0.15) is 44.0 Å². The molecule has 0 saturated heterocycles. The van der Waals surface area contributed by atoms with Crippen molar-refractivity contribution >= 4 is 23.2 Å². The number of benzene rings is 2. The van der Waals surface area contributed by atoms with Gasteiger partial charge < -0.3 is 20.7 Å². The molecule has 0 atom stereocenters. The molecule has 0 heterocycles.